The molecule has 12 aromatic rings. The molecular weight excluding hydrogens is 933 g/mol. The molecule has 0 bridgehead atoms. The van der Waals surface area contributed by atoms with Gasteiger partial charge in [0.1, 0.15) is 0 Å². The van der Waals surface area contributed by atoms with Gasteiger partial charge >= 0.3 is 0 Å². The van der Waals surface area contributed by atoms with Gasteiger partial charge < -0.3 is 9.80 Å². The van der Waals surface area contributed by atoms with Crippen LogP contribution in [0.4, 0.5) is 11.4 Å². The fourth-order valence-corrected chi connectivity index (χ4v) is 10.7. The average molecular weight is 985 g/mol. The summed E-state index contributed by atoms with van der Waals surface area (Å²) in [6, 6.07) is 99.9. The van der Waals surface area contributed by atoms with Crippen LogP contribution in [0.15, 0.2) is 304 Å². The van der Waals surface area contributed by atoms with E-state index in [0.29, 0.717) is 0 Å². The number of pyridine rings is 2. The summed E-state index contributed by atoms with van der Waals surface area (Å²) in [4.78, 5) is 14.6. The first-order chi connectivity index (χ1) is 38.1. The minimum Gasteiger partial charge on any atom is -0.328 e. The van der Waals surface area contributed by atoms with Crippen molar-refractivity contribution in [3.8, 4) is 112 Å². The minimum atomic E-state index is 0.755. The Labute approximate surface area is 450 Å². The number of hydrogen-bond acceptors (Lipinski definition) is 4. The summed E-state index contributed by atoms with van der Waals surface area (Å²) in [7, 11) is 0. The van der Waals surface area contributed by atoms with E-state index < -0.39 is 0 Å². The molecule has 3 heterocycles. The second-order valence-corrected chi connectivity index (χ2v) is 19.5. The van der Waals surface area contributed by atoms with Crippen molar-refractivity contribution in [2.75, 3.05) is 16.5 Å². The molecule has 0 spiro atoms. The summed E-state index contributed by atoms with van der Waals surface area (Å²) in [6.45, 7) is 0.755. The van der Waals surface area contributed by atoms with E-state index in [9.17, 15) is 0 Å². The molecule has 364 valence electrons. The lowest BCUT2D eigenvalue weighted by Crippen LogP contribution is -2.24. The topological polar surface area (TPSA) is 32.3 Å². The first kappa shape index (κ1) is 46.6. The Morgan fingerprint density at radius 3 is 1.03 bits per heavy atom. The van der Waals surface area contributed by atoms with E-state index in [-0.39, 0.29) is 0 Å². The highest BCUT2D eigenvalue weighted by atomic mass is 15.3. The van der Waals surface area contributed by atoms with Gasteiger partial charge in [0.05, 0.1) is 18.1 Å². The van der Waals surface area contributed by atoms with Crippen LogP contribution in [-0.2, 0) is 0 Å². The fourth-order valence-electron chi connectivity index (χ4n) is 10.7. The predicted octanol–water partition coefficient (Wildman–Crippen LogP) is 18.9. The molecule has 77 heavy (non-hydrogen) atoms. The van der Waals surface area contributed by atoms with E-state index in [1.54, 1.807) is 0 Å². The summed E-state index contributed by atoms with van der Waals surface area (Å²) < 4.78 is 0. The van der Waals surface area contributed by atoms with Gasteiger partial charge in [-0.2, -0.15) is 0 Å². The number of benzene rings is 10. The summed E-state index contributed by atoms with van der Waals surface area (Å²) >= 11 is 0. The molecule has 0 amide bonds. The van der Waals surface area contributed by atoms with E-state index in [1.807, 2.05) is 18.5 Å². The fraction of sp³-hybridized carbons (Fsp3) is 0.0137. The van der Waals surface area contributed by atoms with Gasteiger partial charge in [0, 0.05) is 58.4 Å². The molecule has 1 aliphatic heterocycles. The molecule has 4 nitrogen and oxygen atoms in total. The van der Waals surface area contributed by atoms with Gasteiger partial charge in [-0.15, -0.1) is 0 Å². The average Bonchev–Trinajstić information content (AvgIpc) is 4.03. The first-order valence-corrected chi connectivity index (χ1v) is 26.2. The Balaban J connectivity index is 0.866. The van der Waals surface area contributed by atoms with Gasteiger partial charge in [-0.05, 0) is 139 Å². The maximum atomic E-state index is 5.13. The third kappa shape index (κ3) is 9.76. The smallest absolute Gasteiger partial charge is 0.0989 e. The Morgan fingerprint density at radius 2 is 0.545 bits per heavy atom. The van der Waals surface area contributed by atoms with E-state index in [1.165, 1.54) is 27.9 Å². The molecule has 2 aromatic heterocycles. The van der Waals surface area contributed by atoms with Crippen LogP contribution < -0.4 is 9.80 Å². The van der Waals surface area contributed by atoms with E-state index >= 15 is 0 Å². The maximum Gasteiger partial charge on any atom is 0.0989 e. The Kier molecular flexibility index (Phi) is 12.7. The number of para-hydroxylation sites is 1. The molecule has 0 N–H and O–H groups in total. The SMILES string of the molecule is C1=CN(c2ccc(-c3ccccc3-c3cc(-c4ccccc4-c4ccc(-c5ccccc5)nc4)cc(-c4ccccc4-c4ccc(-c5cccc(-c6ccc(-c7ccccc7)cc6)c5)nc4)c3)cc2)CN1c1ccccc1. The maximum absolute atomic E-state index is 5.13. The van der Waals surface area contributed by atoms with Crippen molar-refractivity contribution in [2.24, 2.45) is 0 Å². The molecule has 0 aliphatic carbocycles. The summed E-state index contributed by atoms with van der Waals surface area (Å²) in [5, 5.41) is 0. The monoisotopic (exact) mass is 984 g/mol. The summed E-state index contributed by atoms with van der Waals surface area (Å²) in [5.41, 5.74) is 24.6. The van der Waals surface area contributed by atoms with Crippen LogP contribution in [-0.4, -0.2) is 16.6 Å². The molecular formula is C73H52N4. The molecule has 4 heteroatoms. The standard InChI is InChI=1S/C73H52N4/c1-4-17-52(18-5-1)53-31-33-54(34-32-53)57-21-16-22-58(45-57)73-42-38-60(50-75-73)68-27-12-15-30-71(68)63-47-61(46-62(48-63)70-29-14-11-26-67(70)59-37-41-72(74-49-59)56-19-6-2-7-20-56)69-28-13-10-25-66(69)55-35-39-65(40-36-55)77-44-43-76(51-77)64-23-8-3-9-24-64/h1-50H,51H2. The minimum absolute atomic E-state index is 0.755. The van der Waals surface area contributed by atoms with E-state index in [0.717, 1.165) is 102 Å². The van der Waals surface area contributed by atoms with Gasteiger partial charge in [0.2, 0.25) is 0 Å². The van der Waals surface area contributed by atoms with Crippen molar-refractivity contribution in [1.29, 1.82) is 0 Å². The lowest BCUT2D eigenvalue weighted by molar-refractivity contribution is 0.976. The normalized spacial score (nSPS) is 12.0. The van der Waals surface area contributed by atoms with Crippen LogP contribution in [0.1, 0.15) is 0 Å². The van der Waals surface area contributed by atoms with Gasteiger partial charge in [0.15, 0.2) is 0 Å². The highest BCUT2D eigenvalue weighted by molar-refractivity contribution is 5.94. The van der Waals surface area contributed by atoms with Crippen molar-refractivity contribution in [1.82, 2.24) is 9.97 Å². The molecule has 1 aliphatic rings. The van der Waals surface area contributed by atoms with Gasteiger partial charge in [-0.1, -0.05) is 218 Å². The van der Waals surface area contributed by atoms with E-state index in [4.69, 9.17) is 9.97 Å². The highest BCUT2D eigenvalue weighted by Gasteiger charge is 2.19. The number of hydrogen-bond donors (Lipinski definition) is 0. The zero-order chi connectivity index (χ0) is 51.3. The summed E-state index contributed by atoms with van der Waals surface area (Å²) in [5.74, 6) is 0. The quantitative estimate of drug-likeness (QED) is 0.122. The van der Waals surface area contributed by atoms with Gasteiger partial charge in [-0.3, -0.25) is 9.97 Å². The lowest BCUT2D eigenvalue weighted by atomic mass is 9.86. The Bertz CT molecular complexity index is 4020. The van der Waals surface area contributed by atoms with Crippen molar-refractivity contribution >= 4 is 11.4 Å². The highest BCUT2D eigenvalue weighted by Crippen LogP contribution is 2.43. The molecule has 13 rings (SSSR count). The van der Waals surface area contributed by atoms with E-state index in [2.05, 4.69) is 295 Å². The Morgan fingerprint density at radius 1 is 0.221 bits per heavy atom. The van der Waals surface area contributed by atoms with Crippen LogP contribution >= 0.6 is 0 Å². The molecule has 0 radical (unpaired) electrons. The zero-order valence-corrected chi connectivity index (χ0v) is 42.4. The van der Waals surface area contributed by atoms with Crippen molar-refractivity contribution in [3.05, 3.63) is 304 Å². The Hall–Kier alpha value is -10.2. The van der Waals surface area contributed by atoms with Crippen LogP contribution in [0.2, 0.25) is 0 Å². The zero-order valence-electron chi connectivity index (χ0n) is 42.4. The van der Waals surface area contributed by atoms with Crippen molar-refractivity contribution in [3.63, 3.8) is 0 Å². The molecule has 0 saturated heterocycles. The largest absolute Gasteiger partial charge is 0.328 e. The number of nitrogens with zero attached hydrogens (tertiary/aromatic N) is 4. The summed E-state index contributed by atoms with van der Waals surface area (Å²) in [6.07, 6.45) is 8.34. The number of rotatable bonds is 12. The van der Waals surface area contributed by atoms with Crippen LogP contribution in [0.25, 0.3) is 112 Å². The molecule has 0 saturated carbocycles. The lowest BCUT2D eigenvalue weighted by Gasteiger charge is -2.22. The van der Waals surface area contributed by atoms with Crippen molar-refractivity contribution < 1.29 is 0 Å². The van der Waals surface area contributed by atoms with Crippen LogP contribution in [0.5, 0.6) is 0 Å². The van der Waals surface area contributed by atoms with Gasteiger partial charge in [0.25, 0.3) is 0 Å². The molecule has 10 aromatic carbocycles. The molecule has 0 unspecified atom stereocenters. The van der Waals surface area contributed by atoms with Crippen molar-refractivity contribution in [2.45, 2.75) is 0 Å². The number of anilines is 2. The second-order valence-electron chi connectivity index (χ2n) is 19.5. The second kappa shape index (κ2) is 21.0. The van der Waals surface area contributed by atoms with Gasteiger partial charge in [-0.25, -0.2) is 0 Å². The number of aromatic nitrogens is 2. The van der Waals surface area contributed by atoms with Crippen LogP contribution in [0.3, 0.4) is 0 Å². The predicted molar refractivity (Wildman–Crippen MR) is 322 cm³/mol. The first-order valence-electron chi connectivity index (χ1n) is 26.2. The third-order valence-electron chi connectivity index (χ3n) is 14.7. The third-order valence-corrected chi connectivity index (χ3v) is 14.7. The van der Waals surface area contributed by atoms with Crippen LogP contribution in [0, 0.1) is 0 Å². The molecule has 0 fully saturated rings. The molecule has 0 atom stereocenters.